The van der Waals surface area contributed by atoms with Crippen LogP contribution in [0.2, 0.25) is 0 Å². The molecule has 16 heavy (non-hydrogen) atoms. The van der Waals surface area contributed by atoms with Crippen molar-refractivity contribution in [2.24, 2.45) is 5.73 Å². The van der Waals surface area contributed by atoms with E-state index in [9.17, 15) is 13.6 Å². The molecule has 0 aliphatic rings. The van der Waals surface area contributed by atoms with Gasteiger partial charge in [0.15, 0.2) is 5.78 Å². The van der Waals surface area contributed by atoms with Gasteiger partial charge in [0.25, 0.3) is 0 Å². The van der Waals surface area contributed by atoms with Crippen LogP contribution in [0.3, 0.4) is 0 Å². The predicted molar refractivity (Wildman–Crippen MR) is 56.5 cm³/mol. The van der Waals surface area contributed by atoms with Gasteiger partial charge in [0.2, 0.25) is 0 Å². The number of rotatable bonds is 4. The number of ketones is 1. The first kappa shape index (κ1) is 12.3. The Kier molecular flexibility index (Phi) is 4.15. The molecule has 0 saturated carbocycles. The molecule has 0 aromatic heterocycles. The van der Waals surface area contributed by atoms with Crippen molar-refractivity contribution in [2.45, 2.75) is 18.9 Å². The smallest absolute Gasteiger partial charge is 0.154 e. The van der Waals surface area contributed by atoms with Crippen molar-refractivity contribution in [2.75, 3.05) is 0 Å². The number of carbonyl (C=O) groups excluding carboxylic acids is 1. The first-order valence-corrected chi connectivity index (χ1v) is 4.69. The van der Waals surface area contributed by atoms with E-state index >= 15 is 0 Å². The molecule has 0 heterocycles. The van der Waals surface area contributed by atoms with Crippen molar-refractivity contribution in [1.82, 2.24) is 0 Å². The van der Waals surface area contributed by atoms with Crippen LogP contribution in [0, 0.1) is 24.0 Å². The molecule has 0 saturated heterocycles. The van der Waals surface area contributed by atoms with Gasteiger partial charge in [-0.15, -0.1) is 12.3 Å². The van der Waals surface area contributed by atoms with E-state index in [1.54, 1.807) is 0 Å². The Morgan fingerprint density at radius 3 is 2.44 bits per heavy atom. The fourth-order valence-corrected chi connectivity index (χ4v) is 1.29. The topological polar surface area (TPSA) is 43.1 Å². The highest BCUT2D eigenvalue weighted by molar-refractivity contribution is 5.86. The lowest BCUT2D eigenvalue weighted by molar-refractivity contribution is -0.119. The Bertz CT molecular complexity index is 417. The number of terminal acetylenes is 1. The maximum Gasteiger partial charge on any atom is 0.154 e. The molecule has 0 aliphatic heterocycles. The van der Waals surface area contributed by atoms with E-state index in [2.05, 4.69) is 5.92 Å². The number of hydrogen-bond acceptors (Lipinski definition) is 2. The highest BCUT2D eigenvalue weighted by Gasteiger charge is 2.13. The molecule has 0 bridgehead atoms. The number of Topliss-reactive ketones (excluding diaryl/α,β-unsaturated/α-hetero) is 1. The third-order valence-electron chi connectivity index (χ3n) is 2.05. The molecule has 1 aromatic rings. The zero-order chi connectivity index (χ0) is 12.1. The Balaban J connectivity index is 2.73. The number of benzene rings is 1. The molecule has 1 unspecified atom stereocenters. The van der Waals surface area contributed by atoms with E-state index in [4.69, 9.17) is 12.2 Å². The van der Waals surface area contributed by atoms with Crippen molar-refractivity contribution in [3.8, 4) is 12.3 Å². The summed E-state index contributed by atoms with van der Waals surface area (Å²) in [5.74, 6) is 0.503. The fraction of sp³-hybridized carbons (Fsp3) is 0.250. The van der Waals surface area contributed by atoms with Gasteiger partial charge in [-0.25, -0.2) is 8.78 Å². The molecule has 1 rings (SSSR count). The second-order valence-electron chi connectivity index (χ2n) is 3.44. The van der Waals surface area contributed by atoms with Gasteiger partial charge in [0.05, 0.1) is 6.04 Å². The summed E-state index contributed by atoms with van der Waals surface area (Å²) in [7, 11) is 0. The van der Waals surface area contributed by atoms with Crippen LogP contribution >= 0.6 is 0 Å². The van der Waals surface area contributed by atoms with Crippen molar-refractivity contribution in [3.05, 3.63) is 35.4 Å². The van der Waals surface area contributed by atoms with Crippen LogP contribution in [-0.4, -0.2) is 11.8 Å². The largest absolute Gasteiger partial charge is 0.321 e. The number of nitrogens with two attached hydrogens (primary N) is 1. The Labute approximate surface area is 92.5 Å². The molecule has 84 valence electrons. The third kappa shape index (κ3) is 3.44. The van der Waals surface area contributed by atoms with E-state index in [1.165, 1.54) is 0 Å². The molecule has 2 N–H and O–H groups in total. The predicted octanol–water partition coefficient (Wildman–Crippen LogP) is 1.43. The maximum absolute atomic E-state index is 12.8. The second kappa shape index (κ2) is 5.38. The normalized spacial score (nSPS) is 11.9. The van der Waals surface area contributed by atoms with Crippen LogP contribution in [-0.2, 0) is 11.2 Å². The zero-order valence-electron chi connectivity index (χ0n) is 8.54. The minimum atomic E-state index is -0.781. The summed E-state index contributed by atoms with van der Waals surface area (Å²) in [5.41, 5.74) is 5.73. The first-order chi connectivity index (χ1) is 7.52. The summed E-state index contributed by atoms with van der Waals surface area (Å²) in [4.78, 5) is 11.5. The SMILES string of the molecule is C#CCC(N)C(=O)Cc1cc(F)cc(F)c1. The lowest BCUT2D eigenvalue weighted by Crippen LogP contribution is -2.31. The minimum absolute atomic E-state index is 0.114. The van der Waals surface area contributed by atoms with Crippen LogP contribution in [0.4, 0.5) is 8.78 Å². The monoisotopic (exact) mass is 223 g/mol. The molecular weight excluding hydrogens is 212 g/mol. The zero-order valence-corrected chi connectivity index (χ0v) is 8.54. The molecule has 0 spiro atoms. The van der Waals surface area contributed by atoms with Gasteiger partial charge in [0, 0.05) is 18.9 Å². The van der Waals surface area contributed by atoms with Crippen LogP contribution in [0.15, 0.2) is 18.2 Å². The minimum Gasteiger partial charge on any atom is -0.321 e. The average Bonchev–Trinajstić information content (AvgIpc) is 2.16. The van der Waals surface area contributed by atoms with Gasteiger partial charge >= 0.3 is 0 Å². The average molecular weight is 223 g/mol. The summed E-state index contributed by atoms with van der Waals surface area (Å²) < 4.78 is 25.6. The lowest BCUT2D eigenvalue weighted by Gasteiger charge is -2.07. The van der Waals surface area contributed by atoms with E-state index in [1.807, 2.05) is 0 Å². The van der Waals surface area contributed by atoms with E-state index in [0.29, 0.717) is 0 Å². The second-order valence-corrected chi connectivity index (χ2v) is 3.44. The third-order valence-corrected chi connectivity index (χ3v) is 2.05. The number of carbonyl (C=O) groups is 1. The molecule has 1 atom stereocenters. The summed E-state index contributed by atoms with van der Waals surface area (Å²) in [6.07, 6.45) is 5.01. The Morgan fingerprint density at radius 2 is 1.94 bits per heavy atom. The highest BCUT2D eigenvalue weighted by atomic mass is 19.1. The van der Waals surface area contributed by atoms with Gasteiger partial charge < -0.3 is 5.73 Å². The highest BCUT2D eigenvalue weighted by Crippen LogP contribution is 2.09. The molecule has 2 nitrogen and oxygen atoms in total. The van der Waals surface area contributed by atoms with Crippen molar-refractivity contribution < 1.29 is 13.6 Å². The van der Waals surface area contributed by atoms with Crippen LogP contribution in [0.25, 0.3) is 0 Å². The van der Waals surface area contributed by atoms with Crippen LogP contribution in [0.1, 0.15) is 12.0 Å². The molecule has 0 radical (unpaired) electrons. The molecule has 0 amide bonds. The van der Waals surface area contributed by atoms with E-state index in [-0.39, 0.29) is 24.2 Å². The van der Waals surface area contributed by atoms with Crippen molar-refractivity contribution in [1.29, 1.82) is 0 Å². The summed E-state index contributed by atoms with van der Waals surface area (Å²) in [5, 5.41) is 0. The van der Waals surface area contributed by atoms with Crippen LogP contribution < -0.4 is 5.73 Å². The summed E-state index contributed by atoms with van der Waals surface area (Å²) in [6.45, 7) is 0. The molecular formula is C12H11F2NO. The molecule has 4 heteroatoms. The number of hydrogen-bond donors (Lipinski definition) is 1. The first-order valence-electron chi connectivity index (χ1n) is 4.69. The Hall–Kier alpha value is -1.73. The van der Waals surface area contributed by atoms with E-state index in [0.717, 1.165) is 18.2 Å². The molecule has 0 aliphatic carbocycles. The van der Waals surface area contributed by atoms with Gasteiger partial charge in [-0.2, -0.15) is 0 Å². The van der Waals surface area contributed by atoms with Crippen LogP contribution in [0.5, 0.6) is 0 Å². The molecule has 0 fully saturated rings. The quantitative estimate of drug-likeness (QED) is 0.784. The lowest BCUT2D eigenvalue weighted by atomic mass is 10.0. The van der Waals surface area contributed by atoms with Gasteiger partial charge in [-0.3, -0.25) is 4.79 Å². The Morgan fingerprint density at radius 1 is 1.38 bits per heavy atom. The van der Waals surface area contributed by atoms with E-state index < -0.39 is 17.7 Å². The summed E-state index contributed by atoms with van der Waals surface area (Å²) >= 11 is 0. The standard InChI is InChI=1S/C12H11F2NO/c1-2-3-11(15)12(16)6-8-4-9(13)7-10(14)5-8/h1,4-5,7,11H,3,6,15H2. The van der Waals surface area contributed by atoms with Crippen molar-refractivity contribution >= 4 is 5.78 Å². The van der Waals surface area contributed by atoms with Gasteiger partial charge in [-0.05, 0) is 17.7 Å². The van der Waals surface area contributed by atoms with Gasteiger partial charge in [-0.1, -0.05) is 0 Å². The fourth-order valence-electron chi connectivity index (χ4n) is 1.29. The van der Waals surface area contributed by atoms with Crippen molar-refractivity contribution in [3.63, 3.8) is 0 Å². The maximum atomic E-state index is 12.8. The molecule has 1 aromatic carbocycles. The number of halogens is 2. The summed E-state index contributed by atoms with van der Waals surface area (Å²) in [6, 6.07) is 2.17. The van der Waals surface area contributed by atoms with Gasteiger partial charge in [0.1, 0.15) is 11.6 Å².